The van der Waals surface area contributed by atoms with Gasteiger partial charge >= 0.3 is 6.18 Å². The van der Waals surface area contributed by atoms with Crippen LogP contribution < -0.4 is 10.2 Å². The van der Waals surface area contributed by atoms with Gasteiger partial charge < -0.3 is 10.2 Å². The topological polar surface area (TPSA) is 32.3 Å². The van der Waals surface area contributed by atoms with Crippen molar-refractivity contribution in [3.05, 3.63) is 58.6 Å². The smallest absolute Gasteiger partial charge is 0.359 e. The van der Waals surface area contributed by atoms with E-state index in [2.05, 4.69) is 5.32 Å². The highest BCUT2D eigenvalue weighted by molar-refractivity contribution is 6.30. The summed E-state index contributed by atoms with van der Waals surface area (Å²) < 4.78 is 39.5. The fraction of sp³-hybridized carbons (Fsp3) is 0.316. The molecule has 2 aromatic carbocycles. The number of fused-ring (bicyclic) bond motifs is 1. The van der Waals surface area contributed by atoms with Gasteiger partial charge in [0, 0.05) is 16.8 Å². The Labute approximate surface area is 154 Å². The van der Waals surface area contributed by atoms with Crippen LogP contribution in [0.5, 0.6) is 0 Å². The number of halogens is 4. The van der Waals surface area contributed by atoms with Gasteiger partial charge in [0.2, 0.25) is 5.91 Å². The number of nitrogens with zero attached hydrogens (tertiary/aromatic N) is 1. The normalized spacial score (nSPS) is 17.0. The van der Waals surface area contributed by atoms with E-state index in [9.17, 15) is 18.0 Å². The molecule has 0 bridgehead atoms. The minimum Gasteiger partial charge on any atom is -0.359 e. The number of nitrogens with one attached hydrogen (secondary N) is 1. The molecule has 1 aliphatic heterocycles. The number of alkyl halides is 3. The molecule has 0 radical (unpaired) electrons. The number of anilines is 2. The molecule has 0 saturated carbocycles. The summed E-state index contributed by atoms with van der Waals surface area (Å²) >= 11 is 5.67. The maximum Gasteiger partial charge on any atom is 0.418 e. The van der Waals surface area contributed by atoms with Crippen LogP contribution in [0.1, 0.15) is 24.5 Å². The van der Waals surface area contributed by atoms with E-state index >= 15 is 0 Å². The summed E-state index contributed by atoms with van der Waals surface area (Å²) in [6, 6.07) is 11.2. The number of carbonyl (C=O) groups excluding carboxylic acids is 1. The summed E-state index contributed by atoms with van der Waals surface area (Å²) in [5.41, 5.74) is 0.852. The molecular formula is C19H18ClF3N2O. The Balaban J connectivity index is 1.80. The molecule has 3 rings (SSSR count). The first-order chi connectivity index (χ1) is 12.3. The van der Waals surface area contributed by atoms with Gasteiger partial charge in [-0.1, -0.05) is 29.8 Å². The van der Waals surface area contributed by atoms with Crippen LogP contribution in [0.2, 0.25) is 5.02 Å². The molecule has 138 valence electrons. The summed E-state index contributed by atoms with van der Waals surface area (Å²) in [5, 5.41) is 2.35. The molecular weight excluding hydrogens is 365 g/mol. The van der Waals surface area contributed by atoms with Crippen LogP contribution in [0.15, 0.2) is 42.5 Å². The highest BCUT2D eigenvalue weighted by Gasteiger charge is 2.34. The van der Waals surface area contributed by atoms with Crippen molar-refractivity contribution in [1.82, 2.24) is 0 Å². The predicted molar refractivity (Wildman–Crippen MR) is 96.7 cm³/mol. The summed E-state index contributed by atoms with van der Waals surface area (Å²) in [7, 11) is 0. The maximum absolute atomic E-state index is 13.2. The Hall–Kier alpha value is -2.21. The van der Waals surface area contributed by atoms with E-state index in [-0.39, 0.29) is 23.3 Å². The number of benzene rings is 2. The number of carbonyl (C=O) groups is 1. The van der Waals surface area contributed by atoms with Crippen LogP contribution in [0.4, 0.5) is 24.5 Å². The summed E-state index contributed by atoms with van der Waals surface area (Å²) in [4.78, 5) is 14.4. The average molecular weight is 383 g/mol. The van der Waals surface area contributed by atoms with Gasteiger partial charge in [0.25, 0.3) is 0 Å². The molecule has 1 unspecified atom stereocenters. The fourth-order valence-corrected chi connectivity index (χ4v) is 3.38. The first-order valence-electron chi connectivity index (χ1n) is 8.27. The second kappa shape index (κ2) is 7.19. The molecule has 0 aromatic heterocycles. The molecule has 7 heteroatoms. The molecule has 3 nitrogen and oxygen atoms in total. The third-order valence-corrected chi connectivity index (χ3v) is 4.77. The Bertz CT molecular complexity index is 823. The molecule has 1 N–H and O–H groups in total. The van der Waals surface area contributed by atoms with Crippen molar-refractivity contribution < 1.29 is 18.0 Å². The van der Waals surface area contributed by atoms with Crippen LogP contribution in [0.3, 0.4) is 0 Å². The van der Waals surface area contributed by atoms with Gasteiger partial charge in [-0.15, -0.1) is 0 Å². The Morgan fingerprint density at radius 1 is 1.27 bits per heavy atom. The largest absolute Gasteiger partial charge is 0.418 e. The van der Waals surface area contributed by atoms with Gasteiger partial charge in [0.05, 0.1) is 17.8 Å². The van der Waals surface area contributed by atoms with Crippen molar-refractivity contribution in [1.29, 1.82) is 0 Å². The molecule has 0 fully saturated rings. The number of hydrogen-bond donors (Lipinski definition) is 1. The Morgan fingerprint density at radius 3 is 2.73 bits per heavy atom. The molecule has 2 aromatic rings. The van der Waals surface area contributed by atoms with E-state index in [0.717, 1.165) is 30.2 Å². The second-order valence-electron chi connectivity index (χ2n) is 6.38. The van der Waals surface area contributed by atoms with Crippen molar-refractivity contribution in [2.45, 2.75) is 32.0 Å². The SMILES string of the molecule is CC1CCc2ccccc2N1CC(=O)Nc1ccc(Cl)cc1C(F)(F)F. The lowest BCUT2D eigenvalue weighted by atomic mass is 9.96. The quantitative estimate of drug-likeness (QED) is 0.797. The van der Waals surface area contributed by atoms with Crippen molar-refractivity contribution in [3.63, 3.8) is 0 Å². The highest BCUT2D eigenvalue weighted by atomic mass is 35.5. The van der Waals surface area contributed by atoms with Gasteiger partial charge in [0.1, 0.15) is 0 Å². The molecule has 1 atom stereocenters. The van der Waals surface area contributed by atoms with Crippen molar-refractivity contribution in [2.75, 3.05) is 16.8 Å². The van der Waals surface area contributed by atoms with E-state index in [1.54, 1.807) is 0 Å². The van der Waals surface area contributed by atoms with E-state index in [1.165, 1.54) is 12.1 Å². The van der Waals surface area contributed by atoms with Gasteiger partial charge in [0.15, 0.2) is 0 Å². The summed E-state index contributed by atoms with van der Waals surface area (Å²) in [5.74, 6) is -0.499. The third kappa shape index (κ3) is 3.96. The zero-order chi connectivity index (χ0) is 18.9. The molecule has 26 heavy (non-hydrogen) atoms. The fourth-order valence-electron chi connectivity index (χ4n) is 3.21. The standard InChI is InChI=1S/C19H18ClF3N2O/c1-12-6-7-13-4-2-3-5-17(13)25(12)11-18(26)24-16-9-8-14(20)10-15(16)19(21,22)23/h2-5,8-10,12H,6-7,11H2,1H3,(H,24,26). The predicted octanol–water partition coefficient (Wildman–Crippen LogP) is 5.14. The van der Waals surface area contributed by atoms with Gasteiger partial charge in [-0.05, 0) is 49.6 Å². The van der Waals surface area contributed by atoms with E-state index in [0.29, 0.717) is 0 Å². The highest BCUT2D eigenvalue weighted by Crippen LogP contribution is 2.36. The summed E-state index contributed by atoms with van der Waals surface area (Å²) in [6.45, 7) is 1.99. The van der Waals surface area contributed by atoms with Crippen molar-refractivity contribution in [3.8, 4) is 0 Å². The number of amides is 1. The maximum atomic E-state index is 13.2. The first kappa shape index (κ1) is 18.6. The first-order valence-corrected chi connectivity index (χ1v) is 8.64. The van der Waals surface area contributed by atoms with Gasteiger partial charge in [-0.3, -0.25) is 4.79 Å². The van der Waals surface area contributed by atoms with Crippen LogP contribution in [-0.2, 0) is 17.4 Å². The lowest BCUT2D eigenvalue weighted by molar-refractivity contribution is -0.137. The molecule has 0 aliphatic carbocycles. The Morgan fingerprint density at radius 2 is 2.00 bits per heavy atom. The number of rotatable bonds is 3. The molecule has 1 heterocycles. The molecule has 0 spiro atoms. The van der Waals surface area contributed by atoms with E-state index in [1.807, 2.05) is 36.1 Å². The molecule has 1 aliphatic rings. The lowest BCUT2D eigenvalue weighted by Crippen LogP contribution is -2.42. The van der Waals surface area contributed by atoms with Crippen LogP contribution in [-0.4, -0.2) is 18.5 Å². The Kier molecular flexibility index (Phi) is 5.14. The summed E-state index contributed by atoms with van der Waals surface area (Å²) in [6.07, 6.45) is -2.79. The number of para-hydroxylation sites is 1. The van der Waals surface area contributed by atoms with E-state index < -0.39 is 17.6 Å². The van der Waals surface area contributed by atoms with Crippen LogP contribution in [0.25, 0.3) is 0 Å². The van der Waals surface area contributed by atoms with Gasteiger partial charge in [-0.2, -0.15) is 13.2 Å². The van der Waals surface area contributed by atoms with Crippen molar-refractivity contribution in [2.24, 2.45) is 0 Å². The molecule has 1 amide bonds. The van der Waals surface area contributed by atoms with Crippen LogP contribution >= 0.6 is 11.6 Å². The molecule has 0 saturated heterocycles. The minimum atomic E-state index is -4.60. The lowest BCUT2D eigenvalue weighted by Gasteiger charge is -2.36. The zero-order valence-electron chi connectivity index (χ0n) is 14.1. The second-order valence-corrected chi connectivity index (χ2v) is 6.82. The van der Waals surface area contributed by atoms with Crippen LogP contribution in [0, 0.1) is 0 Å². The number of aryl methyl sites for hydroxylation is 1. The average Bonchev–Trinajstić information content (AvgIpc) is 2.58. The van der Waals surface area contributed by atoms with Gasteiger partial charge in [-0.25, -0.2) is 0 Å². The zero-order valence-corrected chi connectivity index (χ0v) is 14.9. The number of hydrogen-bond acceptors (Lipinski definition) is 2. The minimum absolute atomic E-state index is 0.0158. The monoisotopic (exact) mass is 382 g/mol. The van der Waals surface area contributed by atoms with Crippen molar-refractivity contribution >= 4 is 28.9 Å². The third-order valence-electron chi connectivity index (χ3n) is 4.54. The van der Waals surface area contributed by atoms with E-state index in [4.69, 9.17) is 11.6 Å².